The molecule has 0 aromatic carbocycles. The minimum absolute atomic E-state index is 0.0336. The fourth-order valence-corrected chi connectivity index (χ4v) is 1.66. The number of carboxylic acid groups (broad SMARTS) is 1. The molecule has 0 fully saturated rings. The number of hydrogen-bond acceptors (Lipinski definition) is 3. The molecule has 0 amide bonds. The van der Waals surface area contributed by atoms with Gasteiger partial charge in [0.25, 0.3) is 0 Å². The van der Waals surface area contributed by atoms with Crippen LogP contribution in [-0.4, -0.2) is 20.6 Å². The molecule has 0 spiro atoms. The number of hydrogen-bond donors (Lipinski definition) is 1. The summed E-state index contributed by atoms with van der Waals surface area (Å²) in [7, 11) is 0. The van der Waals surface area contributed by atoms with E-state index in [1.807, 2.05) is 6.07 Å². The first-order valence-electron chi connectivity index (χ1n) is 4.39. The molecule has 0 aliphatic heterocycles. The van der Waals surface area contributed by atoms with Gasteiger partial charge in [-0.2, -0.15) is 5.26 Å². The van der Waals surface area contributed by atoms with Crippen molar-refractivity contribution in [3.8, 4) is 6.07 Å². The maximum atomic E-state index is 11.0. The van der Waals surface area contributed by atoms with E-state index in [-0.39, 0.29) is 17.4 Å². The zero-order valence-electron chi connectivity index (χ0n) is 8.01. The zero-order valence-corrected chi connectivity index (χ0v) is 8.77. The van der Waals surface area contributed by atoms with E-state index in [4.69, 9.17) is 22.0 Å². The summed E-state index contributed by atoms with van der Waals surface area (Å²) in [5.41, 5.74) is 0.442. The normalized spacial score (nSPS) is 10.2. The summed E-state index contributed by atoms with van der Waals surface area (Å²) in [4.78, 5) is 15.0. The standard InChI is InChI=1S/C10H6ClN3O2/c11-8-2-1-6-5-7(10(15)16)14(4-3-12)9(6)13-8/h1-2,5H,4H2,(H,15,16). The van der Waals surface area contributed by atoms with Gasteiger partial charge in [0.05, 0.1) is 6.07 Å². The maximum absolute atomic E-state index is 11.0. The predicted octanol–water partition coefficient (Wildman–Crippen LogP) is 1.91. The van der Waals surface area contributed by atoms with Crippen LogP contribution >= 0.6 is 11.6 Å². The molecule has 0 atom stereocenters. The van der Waals surface area contributed by atoms with Crippen molar-refractivity contribution in [1.29, 1.82) is 5.26 Å². The van der Waals surface area contributed by atoms with Crippen molar-refractivity contribution in [3.05, 3.63) is 29.0 Å². The molecule has 0 bridgehead atoms. The molecule has 0 saturated carbocycles. The molecule has 2 heterocycles. The number of carbonyl (C=O) groups is 1. The number of nitriles is 1. The Hall–Kier alpha value is -2.06. The molecular weight excluding hydrogens is 230 g/mol. The van der Waals surface area contributed by atoms with Crippen LogP contribution in [0.5, 0.6) is 0 Å². The van der Waals surface area contributed by atoms with Crippen molar-refractivity contribution < 1.29 is 9.90 Å². The molecule has 2 rings (SSSR count). The van der Waals surface area contributed by atoms with E-state index in [2.05, 4.69) is 4.98 Å². The first-order chi connectivity index (χ1) is 7.63. The Balaban J connectivity index is 2.78. The number of halogens is 1. The van der Waals surface area contributed by atoms with Crippen LogP contribution in [0.15, 0.2) is 18.2 Å². The summed E-state index contributed by atoms with van der Waals surface area (Å²) in [6.45, 7) is -0.0710. The Kier molecular flexibility index (Phi) is 2.50. The van der Waals surface area contributed by atoms with Crippen LogP contribution in [0.25, 0.3) is 11.0 Å². The molecule has 2 aromatic rings. The fourth-order valence-electron chi connectivity index (χ4n) is 1.51. The number of carboxylic acids is 1. The second-order valence-electron chi connectivity index (χ2n) is 3.13. The van der Waals surface area contributed by atoms with Crippen LogP contribution in [0.3, 0.4) is 0 Å². The first-order valence-corrected chi connectivity index (χ1v) is 4.77. The number of rotatable bonds is 2. The van der Waals surface area contributed by atoms with Gasteiger partial charge in [-0.25, -0.2) is 9.78 Å². The van der Waals surface area contributed by atoms with E-state index in [9.17, 15) is 4.79 Å². The van der Waals surface area contributed by atoms with E-state index in [1.165, 1.54) is 10.6 Å². The van der Waals surface area contributed by atoms with Crippen molar-refractivity contribution in [1.82, 2.24) is 9.55 Å². The van der Waals surface area contributed by atoms with Gasteiger partial charge in [0, 0.05) is 5.39 Å². The van der Waals surface area contributed by atoms with Crippen LogP contribution in [0, 0.1) is 11.3 Å². The summed E-state index contributed by atoms with van der Waals surface area (Å²) in [6, 6.07) is 6.61. The van der Waals surface area contributed by atoms with Crippen molar-refractivity contribution in [3.63, 3.8) is 0 Å². The van der Waals surface area contributed by atoms with Gasteiger partial charge < -0.3 is 9.67 Å². The lowest BCUT2D eigenvalue weighted by atomic mass is 10.3. The summed E-state index contributed by atoms with van der Waals surface area (Å²) < 4.78 is 1.32. The molecule has 0 aliphatic rings. The van der Waals surface area contributed by atoms with Crippen molar-refractivity contribution in [2.24, 2.45) is 0 Å². The van der Waals surface area contributed by atoms with Gasteiger partial charge in [0.2, 0.25) is 0 Å². The van der Waals surface area contributed by atoms with Crippen molar-refractivity contribution in [2.75, 3.05) is 0 Å². The lowest BCUT2D eigenvalue weighted by Crippen LogP contribution is -2.08. The largest absolute Gasteiger partial charge is 0.477 e. The molecule has 2 aromatic heterocycles. The van der Waals surface area contributed by atoms with Crippen molar-refractivity contribution >= 4 is 28.6 Å². The number of pyridine rings is 1. The molecule has 6 heteroatoms. The number of aromatic nitrogens is 2. The van der Waals surface area contributed by atoms with E-state index < -0.39 is 5.97 Å². The molecular formula is C10H6ClN3O2. The lowest BCUT2D eigenvalue weighted by Gasteiger charge is -2.01. The SMILES string of the molecule is N#CCn1c(C(=O)O)cc2ccc(Cl)nc21. The molecule has 0 aliphatic carbocycles. The first kappa shape index (κ1) is 10.5. The third-order valence-electron chi connectivity index (χ3n) is 2.16. The highest BCUT2D eigenvalue weighted by Crippen LogP contribution is 2.20. The molecule has 5 nitrogen and oxygen atoms in total. The van der Waals surface area contributed by atoms with Gasteiger partial charge in [-0.05, 0) is 18.2 Å². The second kappa shape index (κ2) is 3.83. The highest BCUT2D eigenvalue weighted by molar-refractivity contribution is 6.29. The van der Waals surface area contributed by atoms with Crippen LogP contribution in [0.4, 0.5) is 0 Å². The summed E-state index contributed by atoms with van der Waals surface area (Å²) in [5, 5.41) is 18.5. The summed E-state index contributed by atoms with van der Waals surface area (Å²) in [5.74, 6) is -1.09. The molecule has 1 N–H and O–H groups in total. The quantitative estimate of drug-likeness (QED) is 0.807. The van der Waals surface area contributed by atoms with Crippen LogP contribution in [0.1, 0.15) is 10.5 Å². The summed E-state index contributed by atoms with van der Waals surface area (Å²) in [6.07, 6.45) is 0. The van der Waals surface area contributed by atoms with Gasteiger partial charge in [-0.3, -0.25) is 0 Å². The lowest BCUT2D eigenvalue weighted by molar-refractivity contribution is 0.0686. The topological polar surface area (TPSA) is 78.9 Å². The molecule has 0 unspecified atom stereocenters. The van der Waals surface area contributed by atoms with Crippen LogP contribution in [0.2, 0.25) is 5.15 Å². The number of aromatic carboxylic acids is 1. The van der Waals surface area contributed by atoms with Gasteiger partial charge >= 0.3 is 5.97 Å². The Morgan fingerprint density at radius 1 is 1.62 bits per heavy atom. The highest BCUT2D eigenvalue weighted by Gasteiger charge is 2.15. The van der Waals surface area contributed by atoms with Gasteiger partial charge in [0.1, 0.15) is 23.0 Å². The predicted molar refractivity (Wildman–Crippen MR) is 57.3 cm³/mol. The molecule has 16 heavy (non-hydrogen) atoms. The van der Waals surface area contributed by atoms with Gasteiger partial charge in [-0.1, -0.05) is 11.6 Å². The number of fused-ring (bicyclic) bond motifs is 1. The Morgan fingerprint density at radius 3 is 3.00 bits per heavy atom. The van der Waals surface area contributed by atoms with Gasteiger partial charge in [0.15, 0.2) is 0 Å². The third-order valence-corrected chi connectivity index (χ3v) is 2.37. The minimum Gasteiger partial charge on any atom is -0.477 e. The molecule has 0 radical (unpaired) electrons. The van der Waals surface area contributed by atoms with Crippen LogP contribution in [-0.2, 0) is 6.54 Å². The number of nitrogens with zero attached hydrogens (tertiary/aromatic N) is 3. The van der Waals surface area contributed by atoms with E-state index in [0.717, 1.165) is 0 Å². The average molecular weight is 236 g/mol. The molecule has 80 valence electrons. The maximum Gasteiger partial charge on any atom is 0.352 e. The Morgan fingerprint density at radius 2 is 2.38 bits per heavy atom. The summed E-state index contributed by atoms with van der Waals surface area (Å²) >= 11 is 5.72. The van der Waals surface area contributed by atoms with Crippen LogP contribution < -0.4 is 0 Å². The minimum atomic E-state index is -1.09. The highest BCUT2D eigenvalue weighted by atomic mass is 35.5. The zero-order chi connectivity index (χ0) is 11.7. The van der Waals surface area contributed by atoms with Crippen molar-refractivity contribution in [2.45, 2.75) is 6.54 Å². The van der Waals surface area contributed by atoms with Gasteiger partial charge in [-0.15, -0.1) is 0 Å². The Labute approximate surface area is 95.5 Å². The second-order valence-corrected chi connectivity index (χ2v) is 3.51. The van der Waals surface area contributed by atoms with E-state index >= 15 is 0 Å². The van der Waals surface area contributed by atoms with E-state index in [0.29, 0.717) is 11.0 Å². The van der Waals surface area contributed by atoms with E-state index in [1.54, 1.807) is 12.1 Å². The third kappa shape index (κ3) is 1.59. The Bertz CT molecular complexity index is 612. The molecule has 0 saturated heterocycles. The fraction of sp³-hybridized carbons (Fsp3) is 0.100. The smallest absolute Gasteiger partial charge is 0.352 e. The monoisotopic (exact) mass is 235 g/mol. The average Bonchev–Trinajstić information content (AvgIpc) is 2.58.